The van der Waals surface area contributed by atoms with Crippen molar-refractivity contribution in [1.29, 1.82) is 0 Å². The number of benzene rings is 1. The van der Waals surface area contributed by atoms with Crippen molar-refractivity contribution in [3.63, 3.8) is 0 Å². The van der Waals surface area contributed by atoms with Crippen molar-refractivity contribution in [1.82, 2.24) is 5.32 Å². The van der Waals surface area contributed by atoms with Crippen LogP contribution in [-0.4, -0.2) is 19.1 Å². The summed E-state index contributed by atoms with van der Waals surface area (Å²) in [7, 11) is 0. The van der Waals surface area contributed by atoms with Crippen LogP contribution in [0.4, 0.5) is 18.9 Å². The van der Waals surface area contributed by atoms with Gasteiger partial charge in [-0.3, -0.25) is 0 Å². The SMILES string of the molecule is CC1CCN(c2ccc(CNC(C)C)c(C(F)(F)F)c2)C1. The zero-order chi connectivity index (χ0) is 15.6. The first-order chi connectivity index (χ1) is 9.77. The number of anilines is 1. The van der Waals surface area contributed by atoms with E-state index in [-0.39, 0.29) is 12.6 Å². The molecular weight excluding hydrogens is 277 g/mol. The molecule has 1 saturated heterocycles. The Morgan fingerprint density at radius 3 is 2.57 bits per heavy atom. The quantitative estimate of drug-likeness (QED) is 0.902. The number of nitrogens with one attached hydrogen (secondary N) is 1. The van der Waals surface area contributed by atoms with Crippen molar-refractivity contribution in [3.05, 3.63) is 29.3 Å². The molecule has 118 valence electrons. The molecule has 0 spiro atoms. The molecule has 0 saturated carbocycles. The molecule has 1 atom stereocenters. The predicted molar refractivity (Wildman–Crippen MR) is 79.4 cm³/mol. The van der Waals surface area contributed by atoms with Crippen LogP contribution in [0.1, 0.15) is 38.3 Å². The van der Waals surface area contributed by atoms with Gasteiger partial charge in [-0.1, -0.05) is 26.8 Å². The minimum atomic E-state index is -4.31. The molecule has 0 aromatic heterocycles. The van der Waals surface area contributed by atoms with Gasteiger partial charge < -0.3 is 10.2 Å². The van der Waals surface area contributed by atoms with Gasteiger partial charge in [0.1, 0.15) is 0 Å². The summed E-state index contributed by atoms with van der Waals surface area (Å²) in [5.41, 5.74) is 0.472. The summed E-state index contributed by atoms with van der Waals surface area (Å²) < 4.78 is 39.8. The van der Waals surface area contributed by atoms with Crippen molar-refractivity contribution in [2.45, 2.75) is 46.0 Å². The van der Waals surface area contributed by atoms with E-state index < -0.39 is 11.7 Å². The highest BCUT2D eigenvalue weighted by atomic mass is 19.4. The van der Waals surface area contributed by atoms with E-state index in [1.165, 1.54) is 6.07 Å². The topological polar surface area (TPSA) is 15.3 Å². The lowest BCUT2D eigenvalue weighted by Gasteiger charge is -2.22. The molecule has 1 aromatic carbocycles. The highest BCUT2D eigenvalue weighted by Crippen LogP contribution is 2.35. The standard InChI is InChI=1S/C16H23F3N2/c1-11(2)20-9-13-4-5-14(8-15(13)16(17,18)19)21-7-6-12(3)10-21/h4-5,8,11-12,20H,6-7,9-10H2,1-3H3. The van der Waals surface area contributed by atoms with Crippen LogP contribution < -0.4 is 10.2 Å². The molecule has 1 aromatic rings. The normalized spacial score (nSPS) is 19.6. The van der Waals surface area contributed by atoms with Crippen molar-refractivity contribution in [3.8, 4) is 0 Å². The minimum Gasteiger partial charge on any atom is -0.371 e. The summed E-state index contributed by atoms with van der Waals surface area (Å²) >= 11 is 0. The summed E-state index contributed by atoms with van der Waals surface area (Å²) in [6.07, 6.45) is -3.27. The summed E-state index contributed by atoms with van der Waals surface area (Å²) in [6, 6.07) is 4.88. The fourth-order valence-corrected chi connectivity index (χ4v) is 2.66. The fraction of sp³-hybridized carbons (Fsp3) is 0.625. The van der Waals surface area contributed by atoms with Gasteiger partial charge in [-0.05, 0) is 30.0 Å². The van der Waals surface area contributed by atoms with Gasteiger partial charge in [-0.15, -0.1) is 0 Å². The molecule has 2 rings (SSSR count). The van der Waals surface area contributed by atoms with Crippen LogP contribution in [0.2, 0.25) is 0 Å². The third kappa shape index (κ3) is 4.13. The van der Waals surface area contributed by atoms with Crippen molar-refractivity contribution in [2.24, 2.45) is 5.92 Å². The molecule has 1 aliphatic heterocycles. The maximum atomic E-state index is 13.3. The van der Waals surface area contributed by atoms with Crippen molar-refractivity contribution >= 4 is 5.69 Å². The minimum absolute atomic E-state index is 0.158. The van der Waals surface area contributed by atoms with Crippen LogP contribution in [0.15, 0.2) is 18.2 Å². The van der Waals surface area contributed by atoms with Gasteiger partial charge in [-0.25, -0.2) is 0 Å². The third-order valence-corrected chi connectivity index (χ3v) is 3.89. The number of alkyl halides is 3. The molecule has 0 amide bonds. The maximum Gasteiger partial charge on any atom is 0.416 e. The van der Waals surface area contributed by atoms with Gasteiger partial charge in [0.15, 0.2) is 0 Å². The molecule has 1 fully saturated rings. The number of hydrogen-bond acceptors (Lipinski definition) is 2. The van der Waals surface area contributed by atoms with Crippen LogP contribution in [0.5, 0.6) is 0 Å². The Hall–Kier alpha value is -1.23. The molecule has 1 N–H and O–H groups in total. The lowest BCUT2D eigenvalue weighted by molar-refractivity contribution is -0.138. The second-order valence-electron chi connectivity index (χ2n) is 6.21. The highest BCUT2D eigenvalue weighted by Gasteiger charge is 2.34. The third-order valence-electron chi connectivity index (χ3n) is 3.89. The summed E-state index contributed by atoms with van der Waals surface area (Å²) in [5, 5.41) is 3.06. The fourth-order valence-electron chi connectivity index (χ4n) is 2.66. The van der Waals surface area contributed by atoms with E-state index in [2.05, 4.69) is 12.2 Å². The van der Waals surface area contributed by atoms with Crippen molar-refractivity contribution < 1.29 is 13.2 Å². The second-order valence-corrected chi connectivity index (χ2v) is 6.21. The molecule has 0 bridgehead atoms. The first kappa shape index (κ1) is 16.1. The smallest absolute Gasteiger partial charge is 0.371 e. The van der Waals surface area contributed by atoms with Gasteiger partial charge in [0.05, 0.1) is 5.56 Å². The van der Waals surface area contributed by atoms with E-state index >= 15 is 0 Å². The first-order valence-electron chi connectivity index (χ1n) is 7.46. The number of hydrogen-bond donors (Lipinski definition) is 1. The van der Waals surface area contributed by atoms with Gasteiger partial charge in [0, 0.05) is 31.4 Å². The van der Waals surface area contributed by atoms with E-state index in [0.29, 0.717) is 17.2 Å². The second kappa shape index (κ2) is 6.26. The Kier molecular flexibility index (Phi) is 4.81. The van der Waals surface area contributed by atoms with Crippen LogP contribution in [0.3, 0.4) is 0 Å². The Morgan fingerprint density at radius 1 is 1.33 bits per heavy atom. The van der Waals surface area contributed by atoms with Crippen LogP contribution in [0.25, 0.3) is 0 Å². The Bertz CT molecular complexity index is 483. The molecule has 1 aliphatic rings. The van der Waals surface area contributed by atoms with Crippen LogP contribution in [0, 0.1) is 5.92 Å². The number of nitrogens with zero attached hydrogens (tertiary/aromatic N) is 1. The van der Waals surface area contributed by atoms with Crippen LogP contribution in [-0.2, 0) is 12.7 Å². The monoisotopic (exact) mass is 300 g/mol. The Labute approximate surface area is 124 Å². The molecule has 1 heterocycles. The lowest BCUT2D eigenvalue weighted by Crippen LogP contribution is -2.25. The van der Waals surface area contributed by atoms with E-state index in [0.717, 1.165) is 19.5 Å². The Morgan fingerprint density at radius 2 is 2.05 bits per heavy atom. The molecule has 0 radical (unpaired) electrons. The average Bonchev–Trinajstić information content (AvgIpc) is 2.81. The number of rotatable bonds is 4. The predicted octanol–water partition coefficient (Wildman–Crippen LogP) is 4.05. The van der Waals surface area contributed by atoms with E-state index in [9.17, 15) is 13.2 Å². The van der Waals surface area contributed by atoms with Gasteiger partial charge >= 0.3 is 6.18 Å². The van der Waals surface area contributed by atoms with Gasteiger partial charge in [0.2, 0.25) is 0 Å². The maximum absolute atomic E-state index is 13.3. The van der Waals surface area contributed by atoms with Crippen LogP contribution >= 0.6 is 0 Å². The molecular formula is C16H23F3N2. The van der Waals surface area contributed by atoms with E-state index in [4.69, 9.17) is 0 Å². The number of halogens is 3. The zero-order valence-corrected chi connectivity index (χ0v) is 12.8. The Balaban J connectivity index is 2.26. The summed E-state index contributed by atoms with van der Waals surface area (Å²) in [4.78, 5) is 2.04. The average molecular weight is 300 g/mol. The molecule has 0 aliphatic carbocycles. The van der Waals surface area contributed by atoms with E-state index in [1.54, 1.807) is 6.07 Å². The van der Waals surface area contributed by atoms with Crippen molar-refractivity contribution in [2.75, 3.05) is 18.0 Å². The molecule has 5 heteroatoms. The highest BCUT2D eigenvalue weighted by molar-refractivity contribution is 5.52. The lowest BCUT2D eigenvalue weighted by atomic mass is 10.0. The van der Waals surface area contributed by atoms with Gasteiger partial charge in [-0.2, -0.15) is 13.2 Å². The van der Waals surface area contributed by atoms with Gasteiger partial charge in [0.25, 0.3) is 0 Å². The summed E-state index contributed by atoms with van der Waals surface area (Å²) in [6.45, 7) is 7.89. The van der Waals surface area contributed by atoms with E-state index in [1.807, 2.05) is 24.8 Å². The summed E-state index contributed by atoms with van der Waals surface area (Å²) in [5.74, 6) is 0.543. The molecule has 1 unspecified atom stereocenters. The zero-order valence-electron chi connectivity index (χ0n) is 12.8. The first-order valence-corrected chi connectivity index (χ1v) is 7.46. The molecule has 2 nitrogen and oxygen atoms in total. The largest absolute Gasteiger partial charge is 0.416 e. The molecule has 21 heavy (non-hydrogen) atoms.